The predicted octanol–water partition coefficient (Wildman–Crippen LogP) is 4.34. The number of amides is 2. The summed E-state index contributed by atoms with van der Waals surface area (Å²) >= 11 is 0. The minimum absolute atomic E-state index is 0.107. The first-order valence-corrected chi connectivity index (χ1v) is 11.4. The van der Waals surface area contributed by atoms with Gasteiger partial charge >= 0.3 is 0 Å². The number of nitrogens with zero attached hydrogens (tertiary/aromatic N) is 1. The lowest BCUT2D eigenvalue weighted by Crippen LogP contribution is -2.43. The van der Waals surface area contributed by atoms with Gasteiger partial charge in [-0.3, -0.25) is 9.59 Å². The van der Waals surface area contributed by atoms with E-state index in [-0.39, 0.29) is 40.6 Å². The van der Waals surface area contributed by atoms with Crippen molar-refractivity contribution in [2.75, 3.05) is 7.11 Å². The molecule has 1 aliphatic carbocycles. The number of aromatic hydroxyl groups is 1. The van der Waals surface area contributed by atoms with Crippen LogP contribution in [0.3, 0.4) is 0 Å². The maximum Gasteiger partial charge on any atom is 0.257 e. The zero-order chi connectivity index (χ0) is 25.7. The van der Waals surface area contributed by atoms with E-state index < -0.39 is 23.4 Å². The summed E-state index contributed by atoms with van der Waals surface area (Å²) < 4.78 is 37.9. The highest BCUT2D eigenvalue weighted by Crippen LogP contribution is 2.27. The maximum absolute atomic E-state index is 13.8. The number of hydrogen-bond acceptors (Lipinski definition) is 6. The number of phenolic OH excluding ortho intramolecular Hbond substituents is 1. The van der Waals surface area contributed by atoms with E-state index in [4.69, 9.17) is 9.47 Å². The summed E-state index contributed by atoms with van der Waals surface area (Å²) in [5, 5.41) is 15.8. The van der Waals surface area contributed by atoms with Crippen LogP contribution in [0.4, 0.5) is 8.78 Å². The molecule has 0 saturated heterocycles. The van der Waals surface area contributed by atoms with Crippen LogP contribution in [0.2, 0.25) is 0 Å². The SMILES string of the molecule is COc1ccc(C(=O)NC2CCC(NC(=O)c3cc(F)cnc3Oc3cccc(F)c3)CC2)c(O)c1. The van der Waals surface area contributed by atoms with Gasteiger partial charge in [0.2, 0.25) is 5.88 Å². The first-order valence-electron chi connectivity index (χ1n) is 11.4. The van der Waals surface area contributed by atoms with Gasteiger partial charge in [-0.25, -0.2) is 13.8 Å². The minimum atomic E-state index is -0.708. The van der Waals surface area contributed by atoms with Crippen molar-refractivity contribution in [2.24, 2.45) is 0 Å². The first kappa shape index (κ1) is 24.9. The molecule has 188 valence electrons. The molecule has 2 aromatic carbocycles. The number of phenols is 1. The average Bonchev–Trinajstić information content (AvgIpc) is 2.86. The Morgan fingerprint density at radius 1 is 0.889 bits per heavy atom. The quantitative estimate of drug-likeness (QED) is 0.448. The van der Waals surface area contributed by atoms with Crippen LogP contribution < -0.4 is 20.1 Å². The van der Waals surface area contributed by atoms with E-state index in [1.807, 2.05) is 0 Å². The molecule has 0 radical (unpaired) electrons. The Morgan fingerprint density at radius 3 is 2.17 bits per heavy atom. The Hall–Kier alpha value is -4.21. The van der Waals surface area contributed by atoms with Crippen molar-refractivity contribution in [3.8, 4) is 23.1 Å². The second kappa shape index (κ2) is 11.0. The molecule has 0 atom stereocenters. The third-order valence-electron chi connectivity index (χ3n) is 5.92. The lowest BCUT2D eigenvalue weighted by molar-refractivity contribution is 0.0888. The fraction of sp³-hybridized carbons (Fsp3) is 0.269. The number of halogens is 2. The van der Waals surface area contributed by atoms with Crippen LogP contribution in [-0.4, -0.2) is 41.1 Å². The van der Waals surface area contributed by atoms with E-state index in [1.54, 1.807) is 6.07 Å². The standard InChI is InChI=1S/C26H25F2N3O5/c1-35-19-9-10-21(23(32)13-19)24(33)30-17-5-7-18(8-6-17)31-25(34)22-12-16(28)14-29-26(22)36-20-4-2-3-15(27)11-20/h2-4,9-14,17-18,32H,5-8H2,1H3,(H,30,33)(H,31,34). The summed E-state index contributed by atoms with van der Waals surface area (Å²) in [4.78, 5) is 29.3. The molecule has 0 bridgehead atoms. The summed E-state index contributed by atoms with van der Waals surface area (Å²) in [6.07, 6.45) is 3.27. The van der Waals surface area contributed by atoms with E-state index >= 15 is 0 Å². The topological polar surface area (TPSA) is 110 Å². The molecule has 0 unspecified atom stereocenters. The number of aromatic nitrogens is 1. The van der Waals surface area contributed by atoms with Gasteiger partial charge in [0.15, 0.2) is 0 Å². The summed E-state index contributed by atoms with van der Waals surface area (Å²) in [7, 11) is 1.47. The lowest BCUT2D eigenvalue weighted by atomic mass is 9.90. The zero-order valence-corrected chi connectivity index (χ0v) is 19.5. The van der Waals surface area contributed by atoms with Gasteiger partial charge in [-0.2, -0.15) is 0 Å². The molecule has 1 heterocycles. The predicted molar refractivity (Wildman–Crippen MR) is 126 cm³/mol. The van der Waals surface area contributed by atoms with Crippen molar-refractivity contribution < 1.29 is 33.0 Å². The molecule has 8 nitrogen and oxygen atoms in total. The molecular formula is C26H25F2N3O5. The number of nitrogens with one attached hydrogen (secondary N) is 2. The number of ether oxygens (including phenoxy) is 2. The fourth-order valence-corrected chi connectivity index (χ4v) is 4.05. The largest absolute Gasteiger partial charge is 0.507 e. The van der Waals surface area contributed by atoms with E-state index in [0.717, 1.165) is 18.3 Å². The molecule has 2 amide bonds. The Labute approximate surface area is 206 Å². The van der Waals surface area contributed by atoms with Crippen molar-refractivity contribution >= 4 is 11.8 Å². The minimum Gasteiger partial charge on any atom is -0.507 e. The van der Waals surface area contributed by atoms with Gasteiger partial charge < -0.3 is 25.2 Å². The van der Waals surface area contributed by atoms with Crippen LogP contribution in [0.1, 0.15) is 46.4 Å². The summed E-state index contributed by atoms with van der Waals surface area (Å²) in [5.74, 6) is -1.93. The Balaban J connectivity index is 1.34. The number of rotatable bonds is 7. The van der Waals surface area contributed by atoms with Crippen molar-refractivity contribution in [1.29, 1.82) is 0 Å². The van der Waals surface area contributed by atoms with Crippen molar-refractivity contribution in [1.82, 2.24) is 15.6 Å². The maximum atomic E-state index is 13.8. The van der Waals surface area contributed by atoms with Crippen LogP contribution in [0.15, 0.2) is 54.7 Å². The van der Waals surface area contributed by atoms with Gasteiger partial charge in [-0.15, -0.1) is 0 Å². The molecule has 0 spiro atoms. The molecule has 4 rings (SSSR count). The highest BCUT2D eigenvalue weighted by atomic mass is 19.1. The zero-order valence-electron chi connectivity index (χ0n) is 19.5. The van der Waals surface area contributed by atoms with Crippen molar-refractivity contribution in [3.05, 3.63) is 77.5 Å². The van der Waals surface area contributed by atoms with Crippen LogP contribution in [0.5, 0.6) is 23.1 Å². The van der Waals surface area contributed by atoms with Gasteiger partial charge in [-0.1, -0.05) is 6.07 Å². The number of benzene rings is 2. The number of methoxy groups -OCH3 is 1. The Bertz CT molecular complexity index is 1260. The second-order valence-corrected chi connectivity index (χ2v) is 8.44. The monoisotopic (exact) mass is 497 g/mol. The van der Waals surface area contributed by atoms with E-state index in [0.29, 0.717) is 31.4 Å². The Kier molecular flexibility index (Phi) is 7.62. The van der Waals surface area contributed by atoms with Gasteiger partial charge in [-0.05, 0) is 56.0 Å². The number of pyridine rings is 1. The van der Waals surface area contributed by atoms with Crippen molar-refractivity contribution in [3.63, 3.8) is 0 Å². The van der Waals surface area contributed by atoms with Crippen molar-refractivity contribution in [2.45, 2.75) is 37.8 Å². The smallest absolute Gasteiger partial charge is 0.257 e. The van der Waals surface area contributed by atoms with E-state index in [9.17, 15) is 23.5 Å². The van der Waals surface area contributed by atoms with Gasteiger partial charge in [0.25, 0.3) is 11.8 Å². The number of hydrogen-bond donors (Lipinski definition) is 3. The van der Waals surface area contributed by atoms with Gasteiger partial charge in [0, 0.05) is 24.2 Å². The average molecular weight is 497 g/mol. The second-order valence-electron chi connectivity index (χ2n) is 8.44. The van der Waals surface area contributed by atoms with Crippen LogP contribution in [0, 0.1) is 11.6 Å². The summed E-state index contributed by atoms with van der Waals surface area (Å²) in [6.45, 7) is 0. The first-order chi connectivity index (χ1) is 17.3. The molecule has 1 aliphatic rings. The molecule has 1 saturated carbocycles. The molecule has 3 aromatic rings. The normalized spacial score (nSPS) is 17.2. The third kappa shape index (κ3) is 6.07. The summed E-state index contributed by atoms with van der Waals surface area (Å²) in [6, 6.07) is 10.5. The number of carbonyl (C=O) groups excluding carboxylic acids is 2. The Morgan fingerprint density at radius 2 is 1.56 bits per heavy atom. The highest BCUT2D eigenvalue weighted by molar-refractivity contribution is 5.97. The number of carbonyl (C=O) groups is 2. The van der Waals surface area contributed by atoms with Gasteiger partial charge in [0.05, 0.1) is 18.9 Å². The van der Waals surface area contributed by atoms with Crippen LogP contribution in [-0.2, 0) is 0 Å². The summed E-state index contributed by atoms with van der Waals surface area (Å²) in [5.41, 5.74) is 0.0420. The lowest BCUT2D eigenvalue weighted by Gasteiger charge is -2.29. The third-order valence-corrected chi connectivity index (χ3v) is 5.92. The highest BCUT2D eigenvalue weighted by Gasteiger charge is 2.26. The molecule has 1 aromatic heterocycles. The molecule has 3 N–H and O–H groups in total. The molecule has 1 fully saturated rings. The molecule has 10 heteroatoms. The van der Waals surface area contributed by atoms with Crippen LogP contribution >= 0.6 is 0 Å². The van der Waals surface area contributed by atoms with E-state index in [1.165, 1.54) is 37.4 Å². The van der Waals surface area contributed by atoms with Crippen LogP contribution in [0.25, 0.3) is 0 Å². The molecular weight excluding hydrogens is 472 g/mol. The van der Waals surface area contributed by atoms with E-state index in [2.05, 4.69) is 15.6 Å². The molecule has 0 aliphatic heterocycles. The fourth-order valence-electron chi connectivity index (χ4n) is 4.05. The van der Waals surface area contributed by atoms with Gasteiger partial charge in [0.1, 0.15) is 34.4 Å². The molecule has 36 heavy (non-hydrogen) atoms.